The number of amides is 1. The van der Waals surface area contributed by atoms with Gasteiger partial charge >= 0.3 is 5.97 Å². The molecule has 7 heteroatoms. The van der Waals surface area contributed by atoms with Crippen LogP contribution in [0.5, 0.6) is 0 Å². The zero-order valence-corrected chi connectivity index (χ0v) is 18.1. The molecule has 4 aromatic rings. The van der Waals surface area contributed by atoms with E-state index in [-0.39, 0.29) is 6.04 Å². The average Bonchev–Trinajstić information content (AvgIpc) is 3.38. The van der Waals surface area contributed by atoms with Gasteiger partial charge in [-0.25, -0.2) is 4.79 Å². The molecule has 0 saturated heterocycles. The minimum Gasteiger partial charge on any atom is -0.443 e. The van der Waals surface area contributed by atoms with E-state index in [2.05, 4.69) is 10.3 Å². The van der Waals surface area contributed by atoms with E-state index < -0.39 is 18.0 Å². The van der Waals surface area contributed by atoms with Crippen molar-refractivity contribution < 1.29 is 14.3 Å². The van der Waals surface area contributed by atoms with Crippen molar-refractivity contribution >= 4 is 33.4 Å². The summed E-state index contributed by atoms with van der Waals surface area (Å²) in [7, 11) is 0. The Bertz CT molecular complexity index is 1180. The van der Waals surface area contributed by atoms with Crippen LogP contribution in [0.2, 0.25) is 0 Å². The number of carbonyl (C=O) groups is 2. The Labute approximate surface area is 184 Å². The van der Waals surface area contributed by atoms with Crippen LogP contribution in [0, 0.1) is 0 Å². The van der Waals surface area contributed by atoms with Crippen molar-refractivity contribution in [1.29, 1.82) is 0 Å². The topological polar surface area (TPSA) is 73.2 Å². The Balaban J connectivity index is 1.59. The third kappa shape index (κ3) is 4.51. The third-order valence-electron chi connectivity index (χ3n) is 4.95. The van der Waals surface area contributed by atoms with Gasteiger partial charge in [-0.2, -0.15) is 0 Å². The maximum atomic E-state index is 13.2. The molecule has 3 heterocycles. The summed E-state index contributed by atoms with van der Waals surface area (Å²) in [5.74, 6) is -0.935. The summed E-state index contributed by atoms with van der Waals surface area (Å²) < 4.78 is 8.70. The molecule has 0 aliphatic heterocycles. The van der Waals surface area contributed by atoms with Gasteiger partial charge in [0.05, 0.1) is 10.2 Å². The number of nitrogens with zero attached hydrogens (tertiary/aromatic N) is 2. The van der Waals surface area contributed by atoms with Gasteiger partial charge in [-0.1, -0.05) is 36.4 Å². The van der Waals surface area contributed by atoms with Crippen LogP contribution in [0.25, 0.3) is 10.2 Å². The van der Waals surface area contributed by atoms with E-state index in [1.807, 2.05) is 66.3 Å². The number of esters is 1. The molecule has 0 spiro atoms. The summed E-state index contributed by atoms with van der Waals surface area (Å²) in [5, 5.41) is 4.86. The third-order valence-corrected chi connectivity index (χ3v) is 5.80. The van der Waals surface area contributed by atoms with Crippen LogP contribution in [-0.4, -0.2) is 21.4 Å². The molecule has 0 radical (unpaired) electrons. The first-order valence-electron chi connectivity index (χ1n) is 10.1. The Morgan fingerprint density at radius 2 is 1.94 bits per heavy atom. The molecule has 158 valence electrons. The van der Waals surface area contributed by atoms with E-state index in [1.54, 1.807) is 35.9 Å². The Morgan fingerprint density at radius 3 is 2.65 bits per heavy atom. The second-order valence-corrected chi connectivity index (χ2v) is 8.39. The summed E-state index contributed by atoms with van der Waals surface area (Å²) in [6, 6.07) is 16.9. The summed E-state index contributed by atoms with van der Waals surface area (Å²) >= 11 is 1.57. The highest BCUT2D eigenvalue weighted by molar-refractivity contribution is 7.17. The molecule has 0 unspecified atom stereocenters. The summed E-state index contributed by atoms with van der Waals surface area (Å²) in [6.45, 7) is 4.37. The van der Waals surface area contributed by atoms with Gasteiger partial charge in [0.1, 0.15) is 5.69 Å². The van der Waals surface area contributed by atoms with E-state index in [0.717, 1.165) is 15.8 Å². The molecule has 6 nitrogen and oxygen atoms in total. The fourth-order valence-electron chi connectivity index (χ4n) is 3.51. The van der Waals surface area contributed by atoms with Crippen molar-refractivity contribution in [3.8, 4) is 0 Å². The van der Waals surface area contributed by atoms with Crippen LogP contribution < -0.4 is 5.32 Å². The number of hydrogen-bond donors (Lipinski definition) is 1. The van der Waals surface area contributed by atoms with Gasteiger partial charge in [-0.15, -0.1) is 11.3 Å². The Morgan fingerprint density at radius 1 is 1.13 bits per heavy atom. The number of hydrogen-bond acceptors (Lipinski definition) is 5. The highest BCUT2D eigenvalue weighted by atomic mass is 32.1. The summed E-state index contributed by atoms with van der Waals surface area (Å²) in [4.78, 5) is 30.2. The van der Waals surface area contributed by atoms with Gasteiger partial charge in [0.15, 0.2) is 0 Å². The lowest BCUT2D eigenvalue weighted by molar-refractivity contribution is -0.130. The molecule has 1 aromatic carbocycles. The molecule has 1 N–H and O–H groups in total. The van der Waals surface area contributed by atoms with Crippen LogP contribution in [-0.2, 0) is 16.1 Å². The van der Waals surface area contributed by atoms with Crippen LogP contribution in [0.15, 0.2) is 72.4 Å². The largest absolute Gasteiger partial charge is 0.443 e. The molecule has 0 saturated carbocycles. The second kappa shape index (κ2) is 9.14. The maximum Gasteiger partial charge on any atom is 0.356 e. The van der Waals surface area contributed by atoms with Crippen molar-refractivity contribution in [1.82, 2.24) is 14.9 Å². The number of pyridine rings is 1. The Kier molecular flexibility index (Phi) is 6.13. The molecule has 1 atom stereocenters. The second-order valence-electron chi connectivity index (χ2n) is 7.44. The number of carbonyl (C=O) groups excluding carboxylic acids is 2. The van der Waals surface area contributed by atoms with Gasteiger partial charge < -0.3 is 14.6 Å². The predicted octanol–water partition coefficient (Wildman–Crippen LogP) is 4.89. The smallest absolute Gasteiger partial charge is 0.356 e. The number of ether oxygens (including phenoxy) is 1. The Hall–Kier alpha value is -3.45. The highest BCUT2D eigenvalue weighted by Gasteiger charge is 2.28. The zero-order valence-electron chi connectivity index (χ0n) is 17.3. The SMILES string of the molecule is CC(C)n1c(C(=O)O[C@H](C(=O)NCc2ccccc2)c2cccnc2)cc2sccc21. The van der Waals surface area contributed by atoms with E-state index in [1.165, 1.54) is 0 Å². The standard InChI is InChI=1S/C24H23N3O3S/c1-16(2)27-19-10-12-31-21(19)13-20(27)24(29)30-22(18-9-6-11-25-15-18)23(28)26-14-17-7-4-3-5-8-17/h3-13,15-16,22H,14H2,1-2H3,(H,26,28)/t22-/m0/s1. The molecule has 0 fully saturated rings. The van der Waals surface area contributed by atoms with Crippen LogP contribution >= 0.6 is 11.3 Å². The van der Waals surface area contributed by atoms with Crippen LogP contribution in [0.1, 0.15) is 47.6 Å². The molecular formula is C24H23N3O3S. The quantitative estimate of drug-likeness (QED) is 0.421. The van der Waals surface area contributed by atoms with Crippen LogP contribution in [0.3, 0.4) is 0 Å². The first kappa shape index (κ1) is 20.8. The van der Waals surface area contributed by atoms with Gasteiger partial charge in [0.25, 0.3) is 5.91 Å². The molecule has 3 aromatic heterocycles. The summed E-state index contributed by atoms with van der Waals surface area (Å²) in [6.07, 6.45) is 2.06. The molecule has 1 amide bonds. The number of thiophene rings is 1. The van der Waals surface area contributed by atoms with E-state index >= 15 is 0 Å². The number of fused-ring (bicyclic) bond motifs is 1. The fraction of sp³-hybridized carbons (Fsp3) is 0.208. The van der Waals surface area contributed by atoms with Crippen molar-refractivity contribution in [2.75, 3.05) is 0 Å². The van der Waals surface area contributed by atoms with Gasteiger partial charge in [-0.3, -0.25) is 9.78 Å². The molecular weight excluding hydrogens is 410 g/mol. The predicted molar refractivity (Wildman–Crippen MR) is 121 cm³/mol. The van der Waals surface area contributed by atoms with Crippen molar-refractivity contribution in [2.45, 2.75) is 32.5 Å². The molecule has 0 aliphatic rings. The first-order valence-corrected chi connectivity index (χ1v) is 10.9. The number of nitrogens with one attached hydrogen (secondary N) is 1. The minimum absolute atomic E-state index is 0.0680. The van der Waals surface area contributed by atoms with E-state index in [4.69, 9.17) is 4.74 Å². The average molecular weight is 434 g/mol. The monoisotopic (exact) mass is 433 g/mol. The van der Waals surface area contributed by atoms with Crippen molar-refractivity contribution in [3.63, 3.8) is 0 Å². The zero-order chi connectivity index (χ0) is 21.8. The van der Waals surface area contributed by atoms with Crippen molar-refractivity contribution in [3.05, 3.63) is 89.2 Å². The van der Waals surface area contributed by atoms with Gasteiger partial charge in [-0.05, 0) is 43.0 Å². The molecule has 4 rings (SSSR count). The van der Waals surface area contributed by atoms with E-state index in [9.17, 15) is 9.59 Å². The van der Waals surface area contributed by atoms with E-state index in [0.29, 0.717) is 17.8 Å². The number of rotatable bonds is 7. The first-order chi connectivity index (χ1) is 15.0. The maximum absolute atomic E-state index is 13.2. The molecule has 31 heavy (non-hydrogen) atoms. The lowest BCUT2D eigenvalue weighted by atomic mass is 10.1. The molecule has 0 aliphatic carbocycles. The summed E-state index contributed by atoms with van der Waals surface area (Å²) in [5.41, 5.74) is 2.90. The lowest BCUT2D eigenvalue weighted by Gasteiger charge is -2.19. The van der Waals surface area contributed by atoms with Crippen molar-refractivity contribution in [2.24, 2.45) is 0 Å². The number of aromatic nitrogens is 2. The molecule has 0 bridgehead atoms. The fourth-order valence-corrected chi connectivity index (χ4v) is 4.32. The highest BCUT2D eigenvalue weighted by Crippen LogP contribution is 2.30. The lowest BCUT2D eigenvalue weighted by Crippen LogP contribution is -2.32. The van der Waals surface area contributed by atoms with Gasteiger partial charge in [0.2, 0.25) is 6.10 Å². The normalized spacial score (nSPS) is 12.1. The number of benzene rings is 1. The van der Waals surface area contributed by atoms with Gasteiger partial charge in [0, 0.05) is 30.5 Å². The minimum atomic E-state index is -1.10. The van der Waals surface area contributed by atoms with Crippen LogP contribution in [0.4, 0.5) is 0 Å².